The van der Waals surface area contributed by atoms with E-state index in [1.165, 1.54) is 6.33 Å². The third-order valence-corrected chi connectivity index (χ3v) is 3.87. The number of amides is 2. The number of benzene rings is 1. The lowest BCUT2D eigenvalue weighted by molar-refractivity contribution is -0.125. The fraction of sp³-hybridized carbons (Fsp3) is 0.333. The van der Waals surface area contributed by atoms with Gasteiger partial charge in [-0.1, -0.05) is 0 Å². The van der Waals surface area contributed by atoms with Crippen LogP contribution < -0.4 is 20.1 Å². The molecule has 0 fully saturated rings. The molecule has 1 aromatic heterocycles. The maximum absolute atomic E-state index is 12.2. The monoisotopic (exact) mass is 329 g/mol. The topological polar surface area (TPSA) is 107 Å². The highest BCUT2D eigenvalue weighted by atomic mass is 16.6. The third kappa shape index (κ3) is 2.75. The van der Waals surface area contributed by atoms with Crippen LogP contribution in [0.3, 0.4) is 0 Å². The van der Waals surface area contributed by atoms with Crippen LogP contribution in [0.1, 0.15) is 6.42 Å². The SMILES string of the molecule is O=C(CC1Cn2ncnc2NC1=O)Nc1ccc2c(c1)OCCO2. The van der Waals surface area contributed by atoms with Crippen LogP contribution in [0.15, 0.2) is 24.5 Å². The Kier molecular flexibility index (Phi) is 3.52. The standard InChI is InChI=1S/C15H15N5O4/c21-13(5-9-7-20-15(16-8-17-20)19-14(9)22)18-10-1-2-11-12(6-10)24-4-3-23-11/h1-2,6,8-9H,3-5,7H2,(H,18,21)(H,16,17,19,22). The Bertz CT molecular complexity index is 803. The zero-order valence-corrected chi connectivity index (χ0v) is 12.7. The molecule has 0 saturated heterocycles. The number of nitrogens with zero attached hydrogens (tertiary/aromatic N) is 3. The molecule has 3 heterocycles. The third-order valence-electron chi connectivity index (χ3n) is 3.87. The van der Waals surface area contributed by atoms with Crippen LogP contribution >= 0.6 is 0 Å². The Labute approximate surface area is 137 Å². The maximum Gasteiger partial charge on any atom is 0.232 e. The molecule has 2 aliphatic heterocycles. The molecular formula is C15H15N5O4. The smallest absolute Gasteiger partial charge is 0.232 e. The van der Waals surface area contributed by atoms with E-state index < -0.39 is 5.92 Å². The summed E-state index contributed by atoms with van der Waals surface area (Å²) in [6.07, 6.45) is 1.42. The minimum absolute atomic E-state index is 0.0551. The van der Waals surface area contributed by atoms with E-state index in [0.717, 1.165) is 0 Å². The first-order valence-electron chi connectivity index (χ1n) is 7.57. The predicted octanol–water partition coefficient (Wildman–Crippen LogP) is 0.646. The van der Waals surface area contributed by atoms with Gasteiger partial charge in [0, 0.05) is 18.2 Å². The number of nitrogens with one attached hydrogen (secondary N) is 2. The molecule has 0 aliphatic carbocycles. The molecule has 2 N–H and O–H groups in total. The second kappa shape index (κ2) is 5.84. The van der Waals surface area contributed by atoms with Crippen LogP contribution in [0.5, 0.6) is 11.5 Å². The van der Waals surface area contributed by atoms with E-state index in [2.05, 4.69) is 20.7 Å². The zero-order chi connectivity index (χ0) is 16.5. The summed E-state index contributed by atoms with van der Waals surface area (Å²) < 4.78 is 12.5. The lowest BCUT2D eigenvalue weighted by atomic mass is 10.0. The van der Waals surface area contributed by atoms with Crippen molar-refractivity contribution >= 4 is 23.5 Å². The van der Waals surface area contributed by atoms with E-state index in [4.69, 9.17) is 9.47 Å². The molecule has 1 unspecified atom stereocenters. The Hall–Kier alpha value is -3.10. The van der Waals surface area contributed by atoms with Crippen LogP contribution in [0.2, 0.25) is 0 Å². The van der Waals surface area contributed by atoms with E-state index in [0.29, 0.717) is 42.9 Å². The van der Waals surface area contributed by atoms with Crippen molar-refractivity contribution in [2.24, 2.45) is 5.92 Å². The molecule has 2 amide bonds. The predicted molar refractivity (Wildman–Crippen MR) is 82.8 cm³/mol. The molecule has 4 rings (SSSR count). The zero-order valence-electron chi connectivity index (χ0n) is 12.7. The fourth-order valence-electron chi connectivity index (χ4n) is 2.71. The molecule has 0 radical (unpaired) electrons. The van der Waals surface area contributed by atoms with Crippen molar-refractivity contribution in [2.45, 2.75) is 13.0 Å². The number of rotatable bonds is 3. The van der Waals surface area contributed by atoms with Crippen LogP contribution in [0.25, 0.3) is 0 Å². The van der Waals surface area contributed by atoms with Gasteiger partial charge in [-0.15, -0.1) is 0 Å². The number of aromatic nitrogens is 3. The van der Waals surface area contributed by atoms with Crippen LogP contribution in [-0.2, 0) is 16.1 Å². The molecule has 1 atom stereocenters. The van der Waals surface area contributed by atoms with Gasteiger partial charge in [-0.3, -0.25) is 14.9 Å². The molecule has 24 heavy (non-hydrogen) atoms. The number of anilines is 2. The largest absolute Gasteiger partial charge is 0.486 e. The molecule has 2 aliphatic rings. The molecule has 124 valence electrons. The second-order valence-electron chi connectivity index (χ2n) is 5.56. The van der Waals surface area contributed by atoms with Gasteiger partial charge in [0.15, 0.2) is 11.5 Å². The minimum Gasteiger partial charge on any atom is -0.486 e. The van der Waals surface area contributed by atoms with Crippen LogP contribution in [0.4, 0.5) is 11.6 Å². The first-order chi connectivity index (χ1) is 11.7. The average molecular weight is 329 g/mol. The molecule has 0 spiro atoms. The van der Waals surface area contributed by atoms with Crippen LogP contribution in [-0.4, -0.2) is 39.8 Å². The van der Waals surface area contributed by atoms with E-state index >= 15 is 0 Å². The van der Waals surface area contributed by atoms with Crippen molar-refractivity contribution < 1.29 is 19.1 Å². The van der Waals surface area contributed by atoms with Gasteiger partial charge in [-0.05, 0) is 12.1 Å². The number of ether oxygens (including phenoxy) is 2. The normalized spacial score (nSPS) is 18.5. The first-order valence-corrected chi connectivity index (χ1v) is 7.57. The van der Waals surface area contributed by atoms with E-state index in [-0.39, 0.29) is 18.2 Å². The Morgan fingerprint density at radius 2 is 2.17 bits per heavy atom. The number of carbonyl (C=O) groups is 2. The molecule has 1 aromatic carbocycles. The molecular weight excluding hydrogens is 314 g/mol. The quantitative estimate of drug-likeness (QED) is 0.856. The molecule has 9 nitrogen and oxygen atoms in total. The highest BCUT2D eigenvalue weighted by Gasteiger charge is 2.29. The Morgan fingerprint density at radius 3 is 3.04 bits per heavy atom. The molecule has 2 aromatic rings. The Morgan fingerprint density at radius 1 is 1.33 bits per heavy atom. The Balaban J connectivity index is 1.41. The summed E-state index contributed by atoms with van der Waals surface area (Å²) in [5, 5.41) is 9.42. The number of carbonyl (C=O) groups excluding carboxylic acids is 2. The first kappa shape index (κ1) is 14.5. The van der Waals surface area contributed by atoms with E-state index in [1.54, 1.807) is 22.9 Å². The number of hydrogen-bond acceptors (Lipinski definition) is 6. The van der Waals surface area contributed by atoms with Gasteiger partial charge in [0.05, 0.1) is 12.5 Å². The van der Waals surface area contributed by atoms with Crippen molar-refractivity contribution in [3.05, 3.63) is 24.5 Å². The minimum atomic E-state index is -0.489. The highest BCUT2D eigenvalue weighted by molar-refractivity contribution is 5.98. The van der Waals surface area contributed by atoms with Gasteiger partial charge < -0.3 is 14.8 Å². The van der Waals surface area contributed by atoms with E-state index in [9.17, 15) is 9.59 Å². The highest BCUT2D eigenvalue weighted by Crippen LogP contribution is 2.32. The van der Waals surface area contributed by atoms with Crippen molar-refractivity contribution in [1.29, 1.82) is 0 Å². The fourth-order valence-corrected chi connectivity index (χ4v) is 2.71. The summed E-state index contributed by atoms with van der Waals surface area (Å²) in [7, 11) is 0. The van der Waals surface area contributed by atoms with Crippen molar-refractivity contribution in [3.63, 3.8) is 0 Å². The number of fused-ring (bicyclic) bond motifs is 2. The van der Waals surface area contributed by atoms with Gasteiger partial charge in [0.25, 0.3) is 0 Å². The lowest BCUT2D eigenvalue weighted by Gasteiger charge is -2.22. The maximum atomic E-state index is 12.2. The van der Waals surface area contributed by atoms with Gasteiger partial charge in [0.1, 0.15) is 19.5 Å². The molecule has 0 saturated carbocycles. The molecule has 9 heteroatoms. The van der Waals surface area contributed by atoms with Gasteiger partial charge in [-0.25, -0.2) is 4.68 Å². The van der Waals surface area contributed by atoms with Crippen molar-refractivity contribution in [3.8, 4) is 11.5 Å². The summed E-state index contributed by atoms with van der Waals surface area (Å²) in [6.45, 7) is 1.32. The summed E-state index contributed by atoms with van der Waals surface area (Å²) in [6, 6.07) is 5.20. The summed E-state index contributed by atoms with van der Waals surface area (Å²) in [5.41, 5.74) is 0.599. The van der Waals surface area contributed by atoms with Crippen molar-refractivity contribution in [2.75, 3.05) is 23.8 Å². The van der Waals surface area contributed by atoms with Crippen molar-refractivity contribution in [1.82, 2.24) is 14.8 Å². The lowest BCUT2D eigenvalue weighted by Crippen LogP contribution is -2.36. The van der Waals surface area contributed by atoms with Crippen LogP contribution in [0, 0.1) is 5.92 Å². The van der Waals surface area contributed by atoms with Gasteiger partial charge >= 0.3 is 0 Å². The second-order valence-corrected chi connectivity index (χ2v) is 5.56. The molecule has 0 bridgehead atoms. The summed E-state index contributed by atoms with van der Waals surface area (Å²) >= 11 is 0. The average Bonchev–Trinajstić information content (AvgIpc) is 3.02. The van der Waals surface area contributed by atoms with Gasteiger partial charge in [-0.2, -0.15) is 10.1 Å². The summed E-state index contributed by atoms with van der Waals surface area (Å²) in [5.74, 6) is 0.689. The van der Waals surface area contributed by atoms with Gasteiger partial charge in [0.2, 0.25) is 17.8 Å². The van der Waals surface area contributed by atoms with E-state index in [1.807, 2.05) is 0 Å². The summed E-state index contributed by atoms with van der Waals surface area (Å²) in [4.78, 5) is 28.2. The number of hydrogen-bond donors (Lipinski definition) is 2.